The normalized spacial score (nSPS) is 15.1. The minimum atomic E-state index is -0.993. The minimum Gasteiger partial charge on any atom is -0.489 e. The fourth-order valence-electron chi connectivity index (χ4n) is 2.20. The van der Waals surface area contributed by atoms with Crippen LogP contribution in [-0.2, 0) is 16.9 Å². The lowest BCUT2D eigenvalue weighted by atomic mass is 9.90. The zero-order valence-electron chi connectivity index (χ0n) is 13.0. The fourth-order valence-corrected chi connectivity index (χ4v) is 2.20. The number of aliphatic hydroxyl groups is 1. The minimum absolute atomic E-state index is 0.349. The van der Waals surface area contributed by atoms with Crippen LogP contribution < -0.4 is 4.74 Å². The maximum atomic E-state index is 13.9. The number of hydrogen-bond acceptors (Lipinski definition) is 3. The molecular formula is C18H21FO3. The lowest BCUT2D eigenvalue weighted by molar-refractivity contribution is -0.0879. The van der Waals surface area contributed by atoms with E-state index in [2.05, 4.69) is 0 Å². The Bertz CT molecular complexity index is 613. The summed E-state index contributed by atoms with van der Waals surface area (Å²) in [5.74, 6) is -0.0211. The van der Waals surface area contributed by atoms with E-state index in [4.69, 9.17) is 9.47 Å². The second kappa shape index (κ2) is 6.90. The molecule has 118 valence electrons. The molecule has 2 aromatic rings. The molecule has 0 radical (unpaired) electrons. The van der Waals surface area contributed by atoms with Crippen LogP contribution in [0.3, 0.4) is 0 Å². The number of halogens is 1. The second-order valence-corrected chi connectivity index (χ2v) is 5.44. The van der Waals surface area contributed by atoms with Crippen molar-refractivity contribution in [3.05, 3.63) is 65.5 Å². The van der Waals surface area contributed by atoms with Gasteiger partial charge < -0.3 is 14.6 Å². The highest BCUT2D eigenvalue weighted by atomic mass is 19.1. The molecule has 2 rings (SSSR count). The van der Waals surface area contributed by atoms with Gasteiger partial charge in [-0.2, -0.15) is 0 Å². The van der Waals surface area contributed by atoms with E-state index in [1.807, 2.05) is 30.3 Å². The summed E-state index contributed by atoms with van der Waals surface area (Å²) in [5.41, 5.74) is 0.541. The average molecular weight is 304 g/mol. The van der Waals surface area contributed by atoms with Gasteiger partial charge in [-0.05, 0) is 37.1 Å². The van der Waals surface area contributed by atoms with E-state index in [0.717, 1.165) is 5.56 Å². The quantitative estimate of drug-likeness (QED) is 0.885. The molecule has 0 saturated heterocycles. The van der Waals surface area contributed by atoms with Crippen LogP contribution in [0.1, 0.15) is 25.0 Å². The summed E-state index contributed by atoms with van der Waals surface area (Å²) in [6.45, 7) is 3.68. The third-order valence-electron chi connectivity index (χ3n) is 3.91. The molecule has 0 saturated carbocycles. The van der Waals surface area contributed by atoms with Crippen molar-refractivity contribution in [3.63, 3.8) is 0 Å². The molecule has 0 aliphatic carbocycles. The van der Waals surface area contributed by atoms with Crippen molar-refractivity contribution in [1.82, 2.24) is 0 Å². The van der Waals surface area contributed by atoms with E-state index in [1.54, 1.807) is 19.9 Å². The summed E-state index contributed by atoms with van der Waals surface area (Å²) in [4.78, 5) is 0. The van der Waals surface area contributed by atoms with E-state index in [0.29, 0.717) is 17.9 Å². The first-order valence-corrected chi connectivity index (χ1v) is 7.16. The van der Waals surface area contributed by atoms with Gasteiger partial charge in [0, 0.05) is 13.2 Å². The monoisotopic (exact) mass is 304 g/mol. The Hall–Kier alpha value is -1.91. The molecule has 0 heterocycles. The maximum absolute atomic E-state index is 13.9. The molecule has 4 heteroatoms. The predicted octanol–water partition coefficient (Wildman–Crippen LogP) is 3.65. The first-order valence-electron chi connectivity index (χ1n) is 7.16. The Morgan fingerprint density at radius 3 is 2.45 bits per heavy atom. The number of aliphatic hydroxyl groups excluding tert-OH is 1. The highest BCUT2D eigenvalue weighted by Gasteiger charge is 2.32. The van der Waals surface area contributed by atoms with Gasteiger partial charge in [0.2, 0.25) is 0 Å². The zero-order valence-corrected chi connectivity index (χ0v) is 13.0. The average Bonchev–Trinajstić information content (AvgIpc) is 2.52. The van der Waals surface area contributed by atoms with Gasteiger partial charge in [-0.15, -0.1) is 0 Å². The van der Waals surface area contributed by atoms with E-state index < -0.39 is 17.5 Å². The van der Waals surface area contributed by atoms with Gasteiger partial charge in [0.1, 0.15) is 23.8 Å². The number of benzene rings is 2. The molecular weight excluding hydrogens is 283 g/mol. The summed E-state index contributed by atoms with van der Waals surface area (Å²) in [5, 5.41) is 9.93. The number of methoxy groups -OCH3 is 1. The molecule has 3 nitrogen and oxygen atoms in total. The molecule has 0 fully saturated rings. The van der Waals surface area contributed by atoms with Gasteiger partial charge in [0.05, 0.1) is 6.10 Å². The van der Waals surface area contributed by atoms with Crippen molar-refractivity contribution in [3.8, 4) is 5.75 Å². The second-order valence-electron chi connectivity index (χ2n) is 5.44. The van der Waals surface area contributed by atoms with Crippen LogP contribution in [0.25, 0.3) is 0 Å². The summed E-state index contributed by atoms with van der Waals surface area (Å²) < 4.78 is 24.9. The molecule has 0 aromatic heterocycles. The summed E-state index contributed by atoms with van der Waals surface area (Å²) in [6, 6.07) is 14.0. The van der Waals surface area contributed by atoms with Crippen LogP contribution in [0, 0.1) is 5.82 Å². The van der Waals surface area contributed by atoms with Gasteiger partial charge >= 0.3 is 0 Å². The Morgan fingerprint density at radius 2 is 1.86 bits per heavy atom. The van der Waals surface area contributed by atoms with Crippen molar-refractivity contribution >= 4 is 0 Å². The molecule has 2 aromatic carbocycles. The van der Waals surface area contributed by atoms with E-state index in [1.165, 1.54) is 19.2 Å². The van der Waals surface area contributed by atoms with Crippen molar-refractivity contribution in [2.45, 2.75) is 32.2 Å². The molecule has 2 unspecified atom stereocenters. The van der Waals surface area contributed by atoms with Crippen LogP contribution in [0.15, 0.2) is 48.5 Å². The highest BCUT2D eigenvalue weighted by Crippen LogP contribution is 2.32. The van der Waals surface area contributed by atoms with E-state index >= 15 is 0 Å². The number of hydrogen-bond donors (Lipinski definition) is 1. The van der Waals surface area contributed by atoms with Crippen LogP contribution in [0.2, 0.25) is 0 Å². The summed E-state index contributed by atoms with van der Waals surface area (Å²) >= 11 is 0. The van der Waals surface area contributed by atoms with Crippen molar-refractivity contribution < 1.29 is 19.0 Å². The van der Waals surface area contributed by atoms with E-state index in [-0.39, 0.29) is 0 Å². The van der Waals surface area contributed by atoms with Crippen LogP contribution >= 0.6 is 0 Å². The summed E-state index contributed by atoms with van der Waals surface area (Å²) in [7, 11) is 1.49. The van der Waals surface area contributed by atoms with Crippen LogP contribution in [-0.4, -0.2) is 18.3 Å². The molecule has 22 heavy (non-hydrogen) atoms. The van der Waals surface area contributed by atoms with Crippen molar-refractivity contribution in [2.24, 2.45) is 0 Å². The molecule has 0 bridgehead atoms. The Morgan fingerprint density at radius 1 is 1.18 bits per heavy atom. The van der Waals surface area contributed by atoms with Crippen molar-refractivity contribution in [1.29, 1.82) is 0 Å². The van der Waals surface area contributed by atoms with Crippen molar-refractivity contribution in [2.75, 3.05) is 7.11 Å². The van der Waals surface area contributed by atoms with Gasteiger partial charge in [-0.25, -0.2) is 4.39 Å². The third kappa shape index (κ3) is 3.64. The SMILES string of the molecule is COC(C)(c1cc(F)cc(OCc2ccccc2)c1)C(C)O. The largest absolute Gasteiger partial charge is 0.489 e. The lowest BCUT2D eigenvalue weighted by Gasteiger charge is -2.32. The molecule has 2 atom stereocenters. The Kier molecular flexibility index (Phi) is 5.16. The summed E-state index contributed by atoms with van der Waals surface area (Å²) in [6.07, 6.45) is -0.790. The first-order chi connectivity index (χ1) is 10.5. The predicted molar refractivity (Wildman–Crippen MR) is 83.2 cm³/mol. The van der Waals surface area contributed by atoms with Gasteiger partial charge in [-0.3, -0.25) is 0 Å². The zero-order chi connectivity index (χ0) is 16.2. The first kappa shape index (κ1) is 16.5. The van der Waals surface area contributed by atoms with Gasteiger partial charge in [0.15, 0.2) is 0 Å². The maximum Gasteiger partial charge on any atom is 0.127 e. The molecule has 0 amide bonds. The lowest BCUT2D eigenvalue weighted by Crippen LogP contribution is -2.36. The standard InChI is InChI=1S/C18H21FO3/c1-13(20)18(2,21-3)15-9-16(19)11-17(10-15)22-12-14-7-5-4-6-8-14/h4-11,13,20H,12H2,1-3H3. The van der Waals surface area contributed by atoms with E-state index in [9.17, 15) is 9.50 Å². The highest BCUT2D eigenvalue weighted by molar-refractivity contribution is 5.34. The molecule has 0 aliphatic heterocycles. The van der Waals surface area contributed by atoms with Crippen LogP contribution in [0.5, 0.6) is 5.75 Å². The molecule has 0 aliphatic rings. The van der Waals surface area contributed by atoms with Crippen LogP contribution in [0.4, 0.5) is 4.39 Å². The topological polar surface area (TPSA) is 38.7 Å². The smallest absolute Gasteiger partial charge is 0.127 e. The van der Waals surface area contributed by atoms with Gasteiger partial charge in [0.25, 0.3) is 0 Å². The third-order valence-corrected chi connectivity index (χ3v) is 3.91. The number of ether oxygens (including phenoxy) is 2. The number of rotatable bonds is 6. The Balaban J connectivity index is 2.23. The Labute approximate surface area is 130 Å². The molecule has 1 N–H and O–H groups in total. The molecule has 0 spiro atoms. The fraction of sp³-hybridized carbons (Fsp3) is 0.333. The van der Waals surface area contributed by atoms with Gasteiger partial charge in [-0.1, -0.05) is 30.3 Å².